The number of halogens is 4. The highest BCUT2D eigenvalue weighted by atomic mass is 35.5. The Labute approximate surface area is 253 Å². The van der Waals surface area contributed by atoms with Crippen LogP contribution in [0.4, 0.5) is 23.7 Å². The van der Waals surface area contributed by atoms with E-state index in [-0.39, 0.29) is 35.6 Å². The Balaban J connectivity index is 1.22. The molecule has 8 nitrogen and oxygen atoms in total. The average molecular weight is 620 g/mol. The van der Waals surface area contributed by atoms with Crippen molar-refractivity contribution in [1.29, 1.82) is 0 Å². The molecule has 0 spiro atoms. The number of likely N-dealkylation sites (tertiary alicyclic amines) is 1. The number of hydrogen-bond donors (Lipinski definition) is 2. The van der Waals surface area contributed by atoms with E-state index in [2.05, 4.69) is 15.6 Å². The second-order valence-corrected chi connectivity index (χ2v) is 12.9. The van der Waals surface area contributed by atoms with Crippen LogP contribution in [0.3, 0.4) is 0 Å². The predicted molar refractivity (Wildman–Crippen MR) is 159 cm³/mol. The molecule has 5 rings (SSSR count). The van der Waals surface area contributed by atoms with Crippen molar-refractivity contribution < 1.29 is 27.5 Å². The molecular formula is C31H37ClF3N5O3. The smallest absolute Gasteiger partial charge is 0.433 e. The lowest BCUT2D eigenvalue weighted by Crippen LogP contribution is -2.43. The first-order valence-electron chi connectivity index (χ1n) is 14.7. The lowest BCUT2D eigenvalue weighted by molar-refractivity contribution is -0.140. The van der Waals surface area contributed by atoms with E-state index < -0.39 is 17.5 Å². The molecule has 232 valence electrons. The van der Waals surface area contributed by atoms with E-state index in [1.165, 1.54) is 12.1 Å². The monoisotopic (exact) mass is 619 g/mol. The van der Waals surface area contributed by atoms with Gasteiger partial charge in [0.25, 0.3) is 5.91 Å². The molecule has 2 aromatic heterocycles. The summed E-state index contributed by atoms with van der Waals surface area (Å²) in [7, 11) is 0. The third-order valence-corrected chi connectivity index (χ3v) is 8.11. The molecule has 0 unspecified atom stereocenters. The van der Waals surface area contributed by atoms with Gasteiger partial charge in [0.05, 0.1) is 17.1 Å². The fraction of sp³-hybridized carbons (Fsp3) is 0.516. The molecule has 2 N–H and O–H groups in total. The molecule has 1 aliphatic carbocycles. The number of hydrogen-bond acceptors (Lipinski definition) is 5. The lowest BCUT2D eigenvalue weighted by Gasteiger charge is -2.34. The summed E-state index contributed by atoms with van der Waals surface area (Å²) < 4.78 is 48.2. The number of anilines is 1. The summed E-state index contributed by atoms with van der Waals surface area (Å²) in [6.07, 6.45) is 3.37. The quantitative estimate of drug-likeness (QED) is 0.310. The van der Waals surface area contributed by atoms with E-state index in [0.29, 0.717) is 41.2 Å². The number of alkyl halides is 3. The van der Waals surface area contributed by atoms with E-state index in [9.17, 15) is 22.8 Å². The van der Waals surface area contributed by atoms with Gasteiger partial charge in [0, 0.05) is 53.7 Å². The molecule has 1 saturated heterocycles. The number of nitrogens with zero attached hydrogens (tertiary/aromatic N) is 3. The average Bonchev–Trinajstić information content (AvgIpc) is 3.43. The highest BCUT2D eigenvalue weighted by molar-refractivity contribution is 6.31. The van der Waals surface area contributed by atoms with Crippen molar-refractivity contribution in [2.75, 3.05) is 18.4 Å². The fourth-order valence-corrected chi connectivity index (χ4v) is 6.04. The Hall–Kier alpha value is -3.47. The van der Waals surface area contributed by atoms with Crippen LogP contribution in [-0.4, -0.2) is 57.2 Å². The molecule has 2 amide bonds. The van der Waals surface area contributed by atoms with Crippen molar-refractivity contribution in [2.45, 2.75) is 89.2 Å². The van der Waals surface area contributed by atoms with Crippen molar-refractivity contribution in [2.24, 2.45) is 0 Å². The number of benzene rings is 1. The van der Waals surface area contributed by atoms with Crippen molar-refractivity contribution in [3.8, 4) is 0 Å². The maximum atomic E-state index is 13.6. The fourth-order valence-electron chi connectivity index (χ4n) is 5.87. The van der Waals surface area contributed by atoms with Crippen LogP contribution in [-0.2, 0) is 10.9 Å². The van der Waals surface area contributed by atoms with Crippen LogP contribution in [0.25, 0.3) is 10.9 Å². The number of ether oxygens (including phenoxy) is 1. The molecule has 2 aliphatic rings. The molecule has 43 heavy (non-hydrogen) atoms. The van der Waals surface area contributed by atoms with Gasteiger partial charge in [-0.25, -0.2) is 9.78 Å². The second-order valence-electron chi connectivity index (χ2n) is 12.5. The van der Waals surface area contributed by atoms with Crippen LogP contribution in [0.5, 0.6) is 0 Å². The van der Waals surface area contributed by atoms with E-state index in [4.69, 9.17) is 16.3 Å². The van der Waals surface area contributed by atoms with Crippen molar-refractivity contribution >= 4 is 40.2 Å². The Morgan fingerprint density at radius 1 is 1.05 bits per heavy atom. The van der Waals surface area contributed by atoms with Crippen molar-refractivity contribution in [3.05, 3.63) is 59.0 Å². The molecule has 1 aliphatic heterocycles. The Kier molecular flexibility index (Phi) is 8.83. The molecule has 3 heterocycles. The maximum Gasteiger partial charge on any atom is 0.433 e. The Bertz CT molecular complexity index is 1490. The second kappa shape index (κ2) is 12.3. The minimum atomic E-state index is -4.59. The lowest BCUT2D eigenvalue weighted by atomic mass is 9.90. The summed E-state index contributed by atoms with van der Waals surface area (Å²) in [5.41, 5.74) is -0.487. The van der Waals surface area contributed by atoms with Gasteiger partial charge in [-0.2, -0.15) is 13.2 Å². The molecule has 0 radical (unpaired) electrons. The topological polar surface area (TPSA) is 88.5 Å². The summed E-state index contributed by atoms with van der Waals surface area (Å²) >= 11 is 6.15. The summed E-state index contributed by atoms with van der Waals surface area (Å²) in [6.45, 7) is 6.67. The third kappa shape index (κ3) is 7.74. The first-order valence-corrected chi connectivity index (χ1v) is 15.0. The van der Waals surface area contributed by atoms with Gasteiger partial charge in [-0.3, -0.25) is 4.79 Å². The summed E-state index contributed by atoms with van der Waals surface area (Å²) in [5, 5.41) is 7.32. The molecule has 12 heteroatoms. The zero-order chi connectivity index (χ0) is 30.9. The van der Waals surface area contributed by atoms with Crippen molar-refractivity contribution in [1.82, 2.24) is 19.8 Å². The number of rotatable bonds is 5. The Morgan fingerprint density at radius 2 is 1.81 bits per heavy atom. The zero-order valence-corrected chi connectivity index (χ0v) is 25.3. The molecule has 3 aromatic rings. The predicted octanol–water partition coefficient (Wildman–Crippen LogP) is 7.43. The van der Waals surface area contributed by atoms with E-state index in [1.54, 1.807) is 17.0 Å². The highest BCUT2D eigenvalue weighted by Crippen LogP contribution is 2.35. The number of aromatic nitrogens is 2. The van der Waals surface area contributed by atoms with Gasteiger partial charge < -0.3 is 24.8 Å². The standard InChI is InChI=1S/C31H37ClF3N5O3/c1-30(2,3)43-29(42)40-12-5-8-23(18-40)39-13-11-19(17-39)28(41)37-22-7-4-6-21(15-22)36-26-16-27(31(33,34)35)38-25-10-9-20(32)14-24(25)26/h9-11,13-14,16-17,21-23H,4-8,12,15,18H2,1-3H3,(H,36,38)(H,37,41)/t21-,22+,23-/m0/s1. The number of fused-ring (bicyclic) bond motifs is 1. The van der Waals surface area contributed by atoms with Gasteiger partial charge in [0.2, 0.25) is 0 Å². The number of carbonyl (C=O) groups excluding carboxylic acids is 2. The van der Waals surface area contributed by atoms with Gasteiger partial charge in [-0.15, -0.1) is 0 Å². The number of pyridine rings is 1. The molecule has 2 fully saturated rings. The number of piperidine rings is 1. The largest absolute Gasteiger partial charge is 0.444 e. The number of carbonyl (C=O) groups is 2. The van der Waals surface area contributed by atoms with Crippen LogP contribution >= 0.6 is 11.6 Å². The van der Waals surface area contributed by atoms with Crippen LogP contribution in [0.1, 0.15) is 81.4 Å². The normalized spacial score (nSPS) is 21.5. The van der Waals surface area contributed by atoms with Crippen LogP contribution in [0.15, 0.2) is 42.7 Å². The van der Waals surface area contributed by atoms with Crippen LogP contribution in [0, 0.1) is 0 Å². The minimum Gasteiger partial charge on any atom is -0.444 e. The minimum absolute atomic E-state index is 0.0383. The third-order valence-electron chi connectivity index (χ3n) is 7.88. The number of nitrogens with one attached hydrogen (secondary N) is 2. The molecular weight excluding hydrogens is 583 g/mol. The molecule has 3 atom stereocenters. The van der Waals surface area contributed by atoms with Gasteiger partial charge in [0.15, 0.2) is 0 Å². The van der Waals surface area contributed by atoms with E-state index in [0.717, 1.165) is 38.2 Å². The molecule has 1 aromatic carbocycles. The van der Waals surface area contributed by atoms with E-state index >= 15 is 0 Å². The van der Waals surface area contributed by atoms with Gasteiger partial charge in [0.1, 0.15) is 11.3 Å². The Morgan fingerprint density at radius 3 is 2.56 bits per heavy atom. The van der Waals surface area contributed by atoms with Crippen LogP contribution < -0.4 is 10.6 Å². The zero-order valence-electron chi connectivity index (χ0n) is 24.5. The van der Waals surface area contributed by atoms with Gasteiger partial charge in [-0.1, -0.05) is 11.6 Å². The summed E-state index contributed by atoms with van der Waals surface area (Å²) in [6, 6.07) is 7.16. The van der Waals surface area contributed by atoms with Gasteiger partial charge >= 0.3 is 12.3 Å². The van der Waals surface area contributed by atoms with Crippen LogP contribution in [0.2, 0.25) is 5.02 Å². The summed E-state index contributed by atoms with van der Waals surface area (Å²) in [5.74, 6) is -0.204. The van der Waals surface area contributed by atoms with Gasteiger partial charge in [-0.05, 0) is 89.6 Å². The SMILES string of the molecule is CC(C)(C)OC(=O)N1CCC[C@H](n2ccc(C(=O)N[C@@H]3CCC[C@H](Nc4cc(C(F)(F)F)nc5ccc(Cl)cc45)C3)c2)C1. The maximum absolute atomic E-state index is 13.6. The van der Waals surface area contributed by atoms with Crippen molar-refractivity contribution in [3.63, 3.8) is 0 Å². The first kappa shape index (κ1) is 31.0. The molecule has 0 bridgehead atoms. The summed E-state index contributed by atoms with van der Waals surface area (Å²) in [4.78, 5) is 31.3. The van der Waals surface area contributed by atoms with E-state index in [1.807, 2.05) is 37.7 Å². The number of amides is 2. The first-order chi connectivity index (χ1) is 20.2. The highest BCUT2D eigenvalue weighted by Gasteiger charge is 2.34. The molecule has 1 saturated carbocycles.